The van der Waals surface area contributed by atoms with E-state index in [2.05, 4.69) is 27.3 Å². The Balaban J connectivity index is 1.78. The summed E-state index contributed by atoms with van der Waals surface area (Å²) in [5, 5.41) is 10.4. The number of rotatable bonds is 1. The van der Waals surface area contributed by atoms with Crippen molar-refractivity contribution in [2.24, 2.45) is 5.92 Å². The Morgan fingerprint density at radius 1 is 1.25 bits per heavy atom. The maximum Gasteiger partial charge on any atom is 0.451 e. The van der Waals surface area contributed by atoms with E-state index in [0.717, 1.165) is 19.5 Å². The van der Waals surface area contributed by atoms with E-state index in [-0.39, 0.29) is 0 Å². The van der Waals surface area contributed by atoms with E-state index in [0.29, 0.717) is 37.4 Å². The number of hydrogen-bond donors (Lipinski definition) is 1. The molecule has 2 aliphatic rings. The molecule has 1 saturated heterocycles. The fourth-order valence-electron chi connectivity index (χ4n) is 3.13. The van der Waals surface area contributed by atoms with Crippen LogP contribution in [0.1, 0.15) is 25.0 Å². The molecule has 2 aliphatic heterocycles. The molecule has 0 bridgehead atoms. The third kappa shape index (κ3) is 2.42. The summed E-state index contributed by atoms with van der Waals surface area (Å²) in [6, 6.07) is 0.364. The predicted molar refractivity (Wildman–Crippen MR) is 65.9 cm³/mol. The molecule has 0 spiro atoms. The van der Waals surface area contributed by atoms with Gasteiger partial charge in [-0.1, -0.05) is 6.92 Å². The van der Waals surface area contributed by atoms with Crippen LogP contribution in [-0.4, -0.2) is 45.3 Å². The second-order valence-corrected chi connectivity index (χ2v) is 5.60. The lowest BCUT2D eigenvalue weighted by Crippen LogP contribution is -2.52. The summed E-state index contributed by atoms with van der Waals surface area (Å²) < 4.78 is 39.5. The number of hydrogen-bond acceptors (Lipinski definition) is 4. The Morgan fingerprint density at radius 2 is 2.05 bits per heavy atom. The number of piperidine rings is 1. The van der Waals surface area contributed by atoms with E-state index in [4.69, 9.17) is 0 Å². The molecule has 1 fully saturated rings. The van der Waals surface area contributed by atoms with Gasteiger partial charge in [-0.2, -0.15) is 13.2 Å². The van der Waals surface area contributed by atoms with Gasteiger partial charge < -0.3 is 9.88 Å². The summed E-state index contributed by atoms with van der Waals surface area (Å²) in [5.74, 6) is 0.0936. The molecule has 1 aromatic heterocycles. The molecule has 0 aliphatic carbocycles. The number of nitrogens with one attached hydrogen (secondary N) is 1. The number of nitrogens with zero attached hydrogens (tertiary/aromatic N) is 4. The number of fused-ring (bicyclic) bond motifs is 1. The first-order valence-electron chi connectivity index (χ1n) is 6.91. The minimum atomic E-state index is -4.42. The van der Waals surface area contributed by atoms with Crippen molar-refractivity contribution < 1.29 is 13.2 Å². The van der Waals surface area contributed by atoms with E-state index in [9.17, 15) is 13.2 Å². The summed E-state index contributed by atoms with van der Waals surface area (Å²) in [5.41, 5.74) is 0. The molecule has 5 nitrogen and oxygen atoms in total. The Kier molecular flexibility index (Phi) is 3.45. The molecule has 2 unspecified atom stereocenters. The van der Waals surface area contributed by atoms with Gasteiger partial charge in [-0.3, -0.25) is 4.90 Å². The van der Waals surface area contributed by atoms with Crippen molar-refractivity contribution in [1.82, 2.24) is 25.0 Å². The largest absolute Gasteiger partial charge is 0.451 e. The molecule has 0 aromatic carbocycles. The molecule has 0 amide bonds. The summed E-state index contributed by atoms with van der Waals surface area (Å²) in [4.78, 5) is 2.22. The molecule has 0 radical (unpaired) electrons. The first-order chi connectivity index (χ1) is 9.47. The Morgan fingerprint density at radius 3 is 2.75 bits per heavy atom. The summed E-state index contributed by atoms with van der Waals surface area (Å²) in [6.45, 7) is 5.47. The van der Waals surface area contributed by atoms with Crippen molar-refractivity contribution in [3.63, 3.8) is 0 Å². The first-order valence-corrected chi connectivity index (χ1v) is 6.91. The zero-order chi connectivity index (χ0) is 14.3. The second-order valence-electron chi connectivity index (χ2n) is 5.60. The highest BCUT2D eigenvalue weighted by atomic mass is 19.4. The molecular weight excluding hydrogens is 271 g/mol. The van der Waals surface area contributed by atoms with Crippen molar-refractivity contribution in [1.29, 1.82) is 0 Å². The molecule has 3 heterocycles. The van der Waals surface area contributed by atoms with Crippen molar-refractivity contribution in [3.05, 3.63) is 11.6 Å². The molecule has 20 heavy (non-hydrogen) atoms. The zero-order valence-electron chi connectivity index (χ0n) is 11.3. The normalized spacial score (nSPS) is 28.4. The average molecular weight is 289 g/mol. The fraction of sp³-hybridized carbons (Fsp3) is 0.833. The summed E-state index contributed by atoms with van der Waals surface area (Å²) in [6.07, 6.45) is -3.32. The lowest BCUT2D eigenvalue weighted by molar-refractivity contribution is -0.148. The van der Waals surface area contributed by atoms with E-state index >= 15 is 0 Å². The van der Waals surface area contributed by atoms with E-state index < -0.39 is 12.0 Å². The zero-order valence-corrected chi connectivity index (χ0v) is 11.3. The van der Waals surface area contributed by atoms with Crippen LogP contribution in [0.5, 0.6) is 0 Å². The van der Waals surface area contributed by atoms with Crippen LogP contribution in [0, 0.1) is 5.92 Å². The van der Waals surface area contributed by atoms with Gasteiger partial charge in [0.15, 0.2) is 0 Å². The highest BCUT2D eigenvalue weighted by Gasteiger charge is 2.40. The van der Waals surface area contributed by atoms with Crippen molar-refractivity contribution in [2.45, 2.75) is 38.7 Å². The van der Waals surface area contributed by atoms with E-state index in [1.165, 1.54) is 4.57 Å². The molecule has 8 heteroatoms. The highest BCUT2D eigenvalue weighted by molar-refractivity contribution is 5.03. The van der Waals surface area contributed by atoms with Crippen LogP contribution < -0.4 is 5.32 Å². The third-order valence-corrected chi connectivity index (χ3v) is 4.29. The lowest BCUT2D eigenvalue weighted by Gasteiger charge is -2.40. The Bertz CT molecular complexity index is 484. The second kappa shape index (κ2) is 5.00. The molecule has 3 rings (SSSR count). The van der Waals surface area contributed by atoms with Gasteiger partial charge in [0.1, 0.15) is 5.82 Å². The van der Waals surface area contributed by atoms with Gasteiger partial charge in [0.2, 0.25) is 5.82 Å². The van der Waals surface area contributed by atoms with Gasteiger partial charge >= 0.3 is 6.18 Å². The Hall–Kier alpha value is -1.15. The quantitative estimate of drug-likeness (QED) is 0.841. The predicted octanol–water partition coefficient (Wildman–Crippen LogP) is 1.11. The van der Waals surface area contributed by atoms with E-state index in [1.54, 1.807) is 0 Å². The topological polar surface area (TPSA) is 46.0 Å². The van der Waals surface area contributed by atoms with Gasteiger partial charge in [0, 0.05) is 25.7 Å². The SMILES string of the molecule is CC1CCNCC1N1CCn2c(nnc2C(F)(F)F)C1. The fourth-order valence-corrected chi connectivity index (χ4v) is 3.13. The van der Waals surface area contributed by atoms with Crippen molar-refractivity contribution in [2.75, 3.05) is 19.6 Å². The maximum absolute atomic E-state index is 12.8. The molecule has 0 saturated carbocycles. The molecule has 1 N–H and O–H groups in total. The number of aromatic nitrogens is 3. The number of halogens is 3. The smallest absolute Gasteiger partial charge is 0.315 e. The van der Waals surface area contributed by atoms with Crippen LogP contribution in [0.3, 0.4) is 0 Å². The number of alkyl halides is 3. The van der Waals surface area contributed by atoms with Crippen LogP contribution >= 0.6 is 0 Å². The first kappa shape index (κ1) is 13.8. The monoisotopic (exact) mass is 289 g/mol. The average Bonchev–Trinajstić information content (AvgIpc) is 2.82. The van der Waals surface area contributed by atoms with Crippen molar-refractivity contribution in [3.8, 4) is 0 Å². The van der Waals surface area contributed by atoms with Crippen LogP contribution in [0.25, 0.3) is 0 Å². The third-order valence-electron chi connectivity index (χ3n) is 4.29. The van der Waals surface area contributed by atoms with Gasteiger partial charge in [0.25, 0.3) is 0 Å². The summed E-state index contributed by atoms with van der Waals surface area (Å²) in [7, 11) is 0. The van der Waals surface area contributed by atoms with Gasteiger partial charge in [-0.05, 0) is 18.9 Å². The van der Waals surface area contributed by atoms with Crippen molar-refractivity contribution >= 4 is 0 Å². The van der Waals surface area contributed by atoms with Gasteiger partial charge in [-0.15, -0.1) is 10.2 Å². The van der Waals surface area contributed by atoms with Crippen LogP contribution in [0.4, 0.5) is 13.2 Å². The van der Waals surface area contributed by atoms with E-state index in [1.807, 2.05) is 0 Å². The molecule has 112 valence electrons. The molecular formula is C12H18F3N5. The van der Waals surface area contributed by atoms with Crippen LogP contribution in [-0.2, 0) is 19.3 Å². The molecule has 1 aromatic rings. The van der Waals surface area contributed by atoms with Gasteiger partial charge in [-0.25, -0.2) is 0 Å². The maximum atomic E-state index is 12.8. The van der Waals surface area contributed by atoms with Crippen LogP contribution in [0.15, 0.2) is 0 Å². The standard InChI is InChI=1S/C12H18F3N5/c1-8-2-3-16-6-9(8)19-4-5-20-10(7-19)17-18-11(20)12(13,14)15/h8-9,16H,2-7H2,1H3. The highest BCUT2D eigenvalue weighted by Crippen LogP contribution is 2.30. The van der Waals surface area contributed by atoms with Gasteiger partial charge in [0.05, 0.1) is 6.54 Å². The minimum absolute atomic E-state index is 0.306. The molecule has 2 atom stereocenters. The Labute approximate surface area is 115 Å². The minimum Gasteiger partial charge on any atom is -0.315 e. The lowest BCUT2D eigenvalue weighted by atomic mass is 9.93. The van der Waals surface area contributed by atoms with Crippen LogP contribution in [0.2, 0.25) is 0 Å². The summed E-state index contributed by atoms with van der Waals surface area (Å²) >= 11 is 0.